The van der Waals surface area contributed by atoms with Gasteiger partial charge in [-0.25, -0.2) is 19.9 Å². The molecule has 0 bridgehead atoms. The van der Waals surface area contributed by atoms with Gasteiger partial charge in [-0.2, -0.15) is 5.10 Å². The van der Waals surface area contributed by atoms with Gasteiger partial charge in [0.1, 0.15) is 12.1 Å². The molecule has 1 atom stereocenters. The number of hydrogen-bond donors (Lipinski definition) is 2. The molecule has 0 spiro atoms. The highest BCUT2D eigenvalue weighted by Gasteiger charge is 2.06. The Hall–Kier alpha value is -2.68. The van der Waals surface area contributed by atoms with Gasteiger partial charge in [-0.15, -0.1) is 11.8 Å². The topological polar surface area (TPSA) is 93.4 Å². The molecule has 3 heterocycles. The van der Waals surface area contributed by atoms with Crippen LogP contribution in [-0.4, -0.2) is 49.1 Å². The molecule has 0 aliphatic rings. The summed E-state index contributed by atoms with van der Waals surface area (Å²) < 4.78 is 1.68. The molecule has 0 saturated heterocycles. The number of hydrogen-bond acceptors (Lipinski definition) is 8. The minimum absolute atomic E-state index is 0.387. The molecule has 3 rings (SSSR count). The molecule has 9 heteroatoms. The second kappa shape index (κ2) is 8.61. The monoisotopic (exact) mass is 370 g/mol. The fourth-order valence-corrected chi connectivity index (χ4v) is 2.55. The lowest BCUT2D eigenvalue weighted by Crippen LogP contribution is -2.20. The third-order valence-electron chi connectivity index (χ3n) is 3.73. The quantitative estimate of drug-likeness (QED) is 0.584. The summed E-state index contributed by atoms with van der Waals surface area (Å²) >= 11 is 1.63. The Morgan fingerprint density at radius 3 is 2.42 bits per heavy atom. The average molecular weight is 370 g/mol. The fourth-order valence-electron chi connectivity index (χ4n) is 2.23. The number of pyridine rings is 1. The van der Waals surface area contributed by atoms with E-state index in [1.807, 2.05) is 37.8 Å². The largest absolute Gasteiger partial charge is 0.370 e. The predicted octanol–water partition coefficient (Wildman–Crippen LogP) is 2.55. The van der Waals surface area contributed by atoms with Crippen LogP contribution in [0.1, 0.15) is 6.92 Å². The molecule has 0 aliphatic carbocycles. The van der Waals surface area contributed by atoms with Crippen molar-refractivity contribution in [2.24, 2.45) is 13.0 Å². The summed E-state index contributed by atoms with van der Waals surface area (Å²) in [7, 11) is 1.84. The molecule has 0 amide bonds. The number of anilines is 2. The van der Waals surface area contributed by atoms with Crippen LogP contribution in [-0.2, 0) is 7.05 Å². The van der Waals surface area contributed by atoms with Gasteiger partial charge >= 0.3 is 0 Å². The van der Waals surface area contributed by atoms with Crippen molar-refractivity contribution in [1.29, 1.82) is 0 Å². The molecule has 3 aromatic rings. The van der Waals surface area contributed by atoms with E-state index in [4.69, 9.17) is 0 Å². The highest BCUT2D eigenvalue weighted by atomic mass is 32.2. The van der Waals surface area contributed by atoms with Crippen molar-refractivity contribution in [3.8, 4) is 11.4 Å². The van der Waals surface area contributed by atoms with E-state index in [0.29, 0.717) is 17.7 Å². The maximum Gasteiger partial charge on any atom is 0.222 e. The first-order valence-electron chi connectivity index (χ1n) is 8.30. The van der Waals surface area contributed by atoms with Gasteiger partial charge in [0, 0.05) is 49.2 Å². The Balaban J connectivity index is 1.45. The van der Waals surface area contributed by atoms with E-state index >= 15 is 0 Å². The number of nitrogens with one attached hydrogen (secondary N) is 2. The zero-order chi connectivity index (χ0) is 18.4. The molecule has 0 aromatic carbocycles. The summed E-state index contributed by atoms with van der Waals surface area (Å²) in [5.41, 5.74) is 0.900. The van der Waals surface area contributed by atoms with Gasteiger partial charge in [0.05, 0.1) is 0 Å². The van der Waals surface area contributed by atoms with Crippen LogP contribution >= 0.6 is 11.8 Å². The Labute approximate surface area is 156 Å². The van der Waals surface area contributed by atoms with Gasteiger partial charge in [-0.1, -0.05) is 6.92 Å². The molecule has 2 N–H and O–H groups in total. The van der Waals surface area contributed by atoms with Crippen LogP contribution in [0.4, 0.5) is 11.8 Å². The molecule has 0 saturated carbocycles. The van der Waals surface area contributed by atoms with Gasteiger partial charge < -0.3 is 10.6 Å². The van der Waals surface area contributed by atoms with Crippen LogP contribution in [0.5, 0.6) is 0 Å². The number of thioether (sulfide) groups is 1. The molecular weight excluding hydrogens is 348 g/mol. The average Bonchev–Trinajstić information content (AvgIpc) is 3.12. The molecule has 0 fully saturated rings. The van der Waals surface area contributed by atoms with E-state index in [1.54, 1.807) is 29.0 Å². The summed E-state index contributed by atoms with van der Waals surface area (Å²) in [4.78, 5) is 18.3. The first kappa shape index (κ1) is 18.1. The first-order valence-corrected chi connectivity index (χ1v) is 9.52. The molecule has 1 unspecified atom stereocenters. The maximum atomic E-state index is 4.43. The second-order valence-corrected chi connectivity index (χ2v) is 6.87. The summed E-state index contributed by atoms with van der Waals surface area (Å²) in [6.45, 7) is 3.73. The van der Waals surface area contributed by atoms with Crippen molar-refractivity contribution in [1.82, 2.24) is 29.7 Å². The molecule has 136 valence electrons. The van der Waals surface area contributed by atoms with Crippen LogP contribution in [0.15, 0.2) is 41.9 Å². The highest BCUT2D eigenvalue weighted by molar-refractivity contribution is 7.98. The summed E-state index contributed by atoms with van der Waals surface area (Å²) in [6, 6.07) is 3.91. The van der Waals surface area contributed by atoms with Crippen molar-refractivity contribution in [2.75, 3.05) is 30.0 Å². The number of rotatable bonds is 8. The van der Waals surface area contributed by atoms with Gasteiger partial charge in [0.2, 0.25) is 5.95 Å². The van der Waals surface area contributed by atoms with Crippen molar-refractivity contribution < 1.29 is 0 Å². The van der Waals surface area contributed by atoms with Gasteiger partial charge in [-0.05, 0) is 24.3 Å². The Morgan fingerprint density at radius 1 is 1.04 bits per heavy atom. The third kappa shape index (κ3) is 4.92. The number of aryl methyl sites for hydroxylation is 1. The highest BCUT2D eigenvalue weighted by Crippen LogP contribution is 2.15. The van der Waals surface area contributed by atoms with E-state index in [9.17, 15) is 0 Å². The Kier molecular flexibility index (Phi) is 6.00. The van der Waals surface area contributed by atoms with Gasteiger partial charge in [0.15, 0.2) is 5.82 Å². The van der Waals surface area contributed by atoms with Crippen molar-refractivity contribution in [2.45, 2.75) is 11.8 Å². The third-order valence-corrected chi connectivity index (χ3v) is 4.41. The SMILES string of the molecule is CSc1cnc(NCC(C)CNc2ccc(-c3ncn(C)n3)cn2)nc1. The smallest absolute Gasteiger partial charge is 0.222 e. The lowest BCUT2D eigenvalue weighted by atomic mass is 10.2. The van der Waals surface area contributed by atoms with E-state index in [2.05, 4.69) is 42.6 Å². The molecule has 0 aliphatic heterocycles. The first-order chi connectivity index (χ1) is 12.6. The van der Waals surface area contributed by atoms with Crippen molar-refractivity contribution >= 4 is 23.5 Å². The van der Waals surface area contributed by atoms with Crippen molar-refractivity contribution in [3.05, 3.63) is 37.1 Å². The minimum atomic E-state index is 0.387. The zero-order valence-electron chi connectivity index (χ0n) is 15.0. The molecule has 8 nitrogen and oxygen atoms in total. The lowest BCUT2D eigenvalue weighted by Gasteiger charge is -2.14. The summed E-state index contributed by atoms with van der Waals surface area (Å²) in [5, 5.41) is 10.9. The molecular formula is C17H22N8S. The number of nitrogens with zero attached hydrogens (tertiary/aromatic N) is 6. The van der Waals surface area contributed by atoms with Gasteiger partial charge in [0.25, 0.3) is 0 Å². The lowest BCUT2D eigenvalue weighted by molar-refractivity contribution is 0.644. The molecule has 26 heavy (non-hydrogen) atoms. The van der Waals surface area contributed by atoms with Crippen LogP contribution in [0.25, 0.3) is 11.4 Å². The van der Waals surface area contributed by atoms with E-state index in [1.165, 1.54) is 0 Å². The predicted molar refractivity (Wildman–Crippen MR) is 104 cm³/mol. The Bertz CT molecular complexity index is 816. The van der Waals surface area contributed by atoms with E-state index in [0.717, 1.165) is 29.4 Å². The Morgan fingerprint density at radius 2 is 1.81 bits per heavy atom. The van der Waals surface area contributed by atoms with Crippen LogP contribution in [0, 0.1) is 5.92 Å². The molecule has 3 aromatic heterocycles. The maximum absolute atomic E-state index is 4.43. The summed E-state index contributed by atoms with van der Waals surface area (Å²) in [5.74, 6) is 2.55. The molecule has 0 radical (unpaired) electrons. The normalized spacial score (nSPS) is 12.0. The second-order valence-electron chi connectivity index (χ2n) is 5.99. The fraction of sp³-hybridized carbons (Fsp3) is 0.353. The van der Waals surface area contributed by atoms with E-state index in [-0.39, 0.29) is 0 Å². The summed E-state index contributed by atoms with van der Waals surface area (Å²) in [6.07, 6.45) is 9.11. The van der Waals surface area contributed by atoms with Crippen molar-refractivity contribution in [3.63, 3.8) is 0 Å². The van der Waals surface area contributed by atoms with Crippen LogP contribution in [0.3, 0.4) is 0 Å². The van der Waals surface area contributed by atoms with Gasteiger partial charge in [-0.3, -0.25) is 4.68 Å². The number of aromatic nitrogens is 6. The van der Waals surface area contributed by atoms with Crippen LogP contribution in [0.2, 0.25) is 0 Å². The van der Waals surface area contributed by atoms with Crippen LogP contribution < -0.4 is 10.6 Å². The standard InChI is InChI=1S/C17H22N8S/c1-12(7-20-17-21-9-14(26-3)10-22-17)6-18-15-5-4-13(8-19-15)16-23-11-25(2)24-16/h4-5,8-12H,6-7H2,1-3H3,(H,18,19)(H,20,21,22). The zero-order valence-corrected chi connectivity index (χ0v) is 15.9. The van der Waals surface area contributed by atoms with E-state index < -0.39 is 0 Å². The minimum Gasteiger partial charge on any atom is -0.370 e.